The van der Waals surface area contributed by atoms with Gasteiger partial charge in [-0.05, 0) is 43.4 Å². The molecule has 0 amide bonds. The number of carboxylic acids is 1. The molecule has 0 unspecified atom stereocenters. The number of nitrogens with zero attached hydrogens (tertiary/aromatic N) is 1. The van der Waals surface area contributed by atoms with Crippen LogP contribution in [-0.4, -0.2) is 35.3 Å². The standard InChI is InChI=1S/C18H20N2O4/c1-9-10-5-4-6-12-15(11(10)7-8-13(9)20(2)3)19-17(22)14(16(12)21)18(23)24/h7-8H,4-6H2,1-3H3,(H,23,24)(H2,19,21,22). The first kappa shape index (κ1) is 16.1. The highest BCUT2D eigenvalue weighted by Gasteiger charge is 2.26. The van der Waals surface area contributed by atoms with Gasteiger partial charge in [-0.1, -0.05) is 6.07 Å². The van der Waals surface area contributed by atoms with Crippen molar-refractivity contribution >= 4 is 11.7 Å². The maximum atomic E-state index is 12.1. The maximum Gasteiger partial charge on any atom is 0.345 e. The van der Waals surface area contributed by atoms with Crippen molar-refractivity contribution in [1.29, 1.82) is 0 Å². The molecule has 1 aliphatic rings. The molecule has 1 aromatic heterocycles. The van der Waals surface area contributed by atoms with Crippen molar-refractivity contribution in [1.82, 2.24) is 4.98 Å². The fraction of sp³-hybridized carbons (Fsp3) is 0.333. The first-order chi connectivity index (χ1) is 11.3. The van der Waals surface area contributed by atoms with Crippen LogP contribution in [-0.2, 0) is 12.8 Å². The third-order valence-electron chi connectivity index (χ3n) is 4.68. The Morgan fingerprint density at radius 1 is 1.21 bits per heavy atom. The van der Waals surface area contributed by atoms with Crippen molar-refractivity contribution in [3.05, 3.63) is 44.7 Å². The van der Waals surface area contributed by atoms with E-state index < -0.39 is 22.8 Å². The lowest BCUT2D eigenvalue weighted by atomic mass is 9.95. The molecule has 0 atom stereocenters. The molecule has 1 aromatic carbocycles. The average Bonchev–Trinajstić information content (AvgIpc) is 2.67. The summed E-state index contributed by atoms with van der Waals surface area (Å²) in [5.74, 6) is -1.83. The van der Waals surface area contributed by atoms with Crippen molar-refractivity contribution in [2.75, 3.05) is 19.0 Å². The summed E-state index contributed by atoms with van der Waals surface area (Å²) in [6, 6.07) is 3.90. The molecule has 126 valence electrons. The number of H-pyrrole nitrogens is 1. The molecule has 0 aliphatic heterocycles. The van der Waals surface area contributed by atoms with Gasteiger partial charge in [0.25, 0.3) is 5.56 Å². The zero-order valence-corrected chi connectivity index (χ0v) is 13.9. The van der Waals surface area contributed by atoms with Crippen molar-refractivity contribution in [2.24, 2.45) is 0 Å². The summed E-state index contributed by atoms with van der Waals surface area (Å²) >= 11 is 0. The number of pyridine rings is 1. The van der Waals surface area contributed by atoms with E-state index in [9.17, 15) is 14.7 Å². The second-order valence-corrected chi connectivity index (χ2v) is 6.32. The van der Waals surface area contributed by atoms with E-state index in [2.05, 4.69) is 4.98 Å². The topological polar surface area (TPSA) is 93.6 Å². The Bertz CT molecular complexity index is 897. The Balaban J connectivity index is 2.33. The van der Waals surface area contributed by atoms with Crippen LogP contribution in [0.4, 0.5) is 5.69 Å². The normalized spacial score (nSPS) is 13.0. The summed E-state index contributed by atoms with van der Waals surface area (Å²) in [7, 11) is 3.96. The minimum absolute atomic E-state index is 0.413. The number of anilines is 1. The SMILES string of the molecule is Cc1c(N(C)C)ccc2c1CCCc1c-2[nH]c(=O)c(C(=O)O)c1O. The maximum absolute atomic E-state index is 12.1. The average molecular weight is 328 g/mol. The van der Waals surface area contributed by atoms with E-state index in [-0.39, 0.29) is 0 Å². The number of benzene rings is 1. The molecule has 0 saturated carbocycles. The molecule has 0 saturated heterocycles. The lowest BCUT2D eigenvalue weighted by Crippen LogP contribution is -2.20. The van der Waals surface area contributed by atoms with Gasteiger partial charge in [0.15, 0.2) is 5.56 Å². The highest BCUT2D eigenvalue weighted by molar-refractivity contribution is 5.92. The van der Waals surface area contributed by atoms with Crippen molar-refractivity contribution in [2.45, 2.75) is 26.2 Å². The summed E-state index contributed by atoms with van der Waals surface area (Å²) in [6.07, 6.45) is 2.10. The lowest BCUT2D eigenvalue weighted by molar-refractivity contribution is 0.0691. The summed E-state index contributed by atoms with van der Waals surface area (Å²) in [6.45, 7) is 2.04. The molecule has 1 heterocycles. The highest BCUT2D eigenvalue weighted by Crippen LogP contribution is 2.39. The monoisotopic (exact) mass is 328 g/mol. The second kappa shape index (κ2) is 5.70. The van der Waals surface area contributed by atoms with Crippen molar-refractivity contribution in [3.8, 4) is 17.0 Å². The van der Waals surface area contributed by atoms with Gasteiger partial charge >= 0.3 is 5.97 Å². The van der Waals surface area contributed by atoms with E-state index >= 15 is 0 Å². The number of nitrogens with one attached hydrogen (secondary N) is 1. The van der Waals surface area contributed by atoms with Gasteiger partial charge in [-0.25, -0.2) is 4.79 Å². The fourth-order valence-electron chi connectivity index (χ4n) is 3.53. The molecule has 6 nitrogen and oxygen atoms in total. The lowest BCUT2D eigenvalue weighted by Gasteiger charge is -2.20. The number of hydrogen-bond acceptors (Lipinski definition) is 4. The van der Waals surface area contributed by atoms with Gasteiger partial charge < -0.3 is 20.1 Å². The Morgan fingerprint density at radius 2 is 1.88 bits per heavy atom. The van der Waals surface area contributed by atoms with Crippen molar-refractivity contribution in [3.63, 3.8) is 0 Å². The van der Waals surface area contributed by atoms with Gasteiger partial charge in [0.2, 0.25) is 0 Å². The van der Waals surface area contributed by atoms with E-state index in [0.29, 0.717) is 17.7 Å². The van der Waals surface area contributed by atoms with E-state index in [1.807, 2.05) is 38.1 Å². The van der Waals surface area contributed by atoms with Crippen LogP contribution in [0.5, 0.6) is 5.75 Å². The fourth-order valence-corrected chi connectivity index (χ4v) is 3.53. The van der Waals surface area contributed by atoms with E-state index in [0.717, 1.165) is 35.2 Å². The molecule has 6 heteroatoms. The van der Waals surface area contributed by atoms with Crippen LogP contribution in [0, 0.1) is 6.92 Å². The highest BCUT2D eigenvalue weighted by atomic mass is 16.4. The van der Waals surface area contributed by atoms with E-state index in [1.54, 1.807) is 0 Å². The number of rotatable bonds is 2. The van der Waals surface area contributed by atoms with E-state index in [1.165, 1.54) is 0 Å². The van der Waals surface area contributed by atoms with Gasteiger partial charge in [0, 0.05) is 30.9 Å². The third kappa shape index (κ3) is 2.35. The number of aromatic amines is 1. The third-order valence-corrected chi connectivity index (χ3v) is 4.68. The minimum Gasteiger partial charge on any atom is -0.506 e. The second-order valence-electron chi connectivity index (χ2n) is 6.32. The number of aromatic carboxylic acids is 1. The van der Waals surface area contributed by atoms with Gasteiger partial charge in [0.05, 0.1) is 5.69 Å². The largest absolute Gasteiger partial charge is 0.506 e. The van der Waals surface area contributed by atoms with Gasteiger partial charge in [-0.3, -0.25) is 4.79 Å². The number of hydrogen-bond donors (Lipinski definition) is 3. The number of carbonyl (C=O) groups is 1. The minimum atomic E-state index is -1.42. The molecule has 1 aliphatic carbocycles. The molecule has 24 heavy (non-hydrogen) atoms. The Morgan fingerprint density at radius 3 is 2.50 bits per heavy atom. The quantitative estimate of drug-likeness (QED) is 0.786. The summed E-state index contributed by atoms with van der Waals surface area (Å²) in [5, 5.41) is 19.5. The summed E-state index contributed by atoms with van der Waals surface area (Å²) in [4.78, 5) is 28.1. The molecule has 0 radical (unpaired) electrons. The van der Waals surface area contributed by atoms with Gasteiger partial charge in [0.1, 0.15) is 5.75 Å². The first-order valence-electron chi connectivity index (χ1n) is 7.84. The van der Waals surface area contributed by atoms with Gasteiger partial charge in [-0.2, -0.15) is 0 Å². The molecule has 0 spiro atoms. The van der Waals surface area contributed by atoms with Crippen LogP contribution >= 0.6 is 0 Å². The Hall–Kier alpha value is -2.76. The van der Waals surface area contributed by atoms with Crippen molar-refractivity contribution < 1.29 is 15.0 Å². The van der Waals surface area contributed by atoms with Crippen LogP contribution < -0.4 is 10.5 Å². The van der Waals surface area contributed by atoms with Gasteiger partial charge in [-0.15, -0.1) is 0 Å². The Kier molecular flexibility index (Phi) is 3.83. The van der Waals surface area contributed by atoms with Crippen LogP contribution in [0.15, 0.2) is 16.9 Å². The predicted molar refractivity (Wildman–Crippen MR) is 92.2 cm³/mol. The number of aromatic hydroxyl groups is 1. The zero-order chi connectivity index (χ0) is 17.6. The van der Waals surface area contributed by atoms with Crippen LogP contribution in [0.1, 0.15) is 33.5 Å². The predicted octanol–water partition coefficient (Wildman–Crippen LogP) is 2.31. The molecular formula is C18H20N2O4. The number of carboxylic acid groups (broad SMARTS) is 1. The molecule has 3 rings (SSSR count). The summed E-state index contributed by atoms with van der Waals surface area (Å²) in [5.41, 5.74) is 3.89. The molecule has 2 aromatic rings. The summed E-state index contributed by atoms with van der Waals surface area (Å²) < 4.78 is 0. The molecule has 0 fully saturated rings. The van der Waals surface area contributed by atoms with E-state index in [4.69, 9.17) is 5.11 Å². The van der Waals surface area contributed by atoms with Crippen LogP contribution in [0.25, 0.3) is 11.3 Å². The zero-order valence-electron chi connectivity index (χ0n) is 13.9. The molecule has 3 N–H and O–H groups in total. The van der Waals surface area contributed by atoms with Crippen LogP contribution in [0.3, 0.4) is 0 Å². The molecule has 0 bridgehead atoms. The van der Waals surface area contributed by atoms with Crippen LogP contribution in [0.2, 0.25) is 0 Å². The number of aromatic nitrogens is 1. The smallest absolute Gasteiger partial charge is 0.345 e. The Labute approximate surface area is 139 Å². The molecular weight excluding hydrogens is 308 g/mol. The first-order valence-corrected chi connectivity index (χ1v) is 7.84. The number of fused-ring (bicyclic) bond motifs is 3.